The molecule has 216 valence electrons. The predicted octanol–water partition coefficient (Wildman–Crippen LogP) is 6.67. The Balaban J connectivity index is 1.42. The van der Waals surface area contributed by atoms with Crippen molar-refractivity contribution in [3.63, 3.8) is 0 Å². The molecule has 0 saturated heterocycles. The summed E-state index contributed by atoms with van der Waals surface area (Å²) >= 11 is 7.21. The second-order valence-electron chi connectivity index (χ2n) is 10.2. The number of benzene rings is 3. The third-order valence-electron chi connectivity index (χ3n) is 7.87. The number of aromatic nitrogens is 3. The highest BCUT2D eigenvalue weighted by atomic mass is 35.5. The van der Waals surface area contributed by atoms with E-state index in [2.05, 4.69) is 10.1 Å². The number of nitrogens with zero attached hydrogens (tertiary/aromatic N) is 5. The molecule has 0 bridgehead atoms. The van der Waals surface area contributed by atoms with Gasteiger partial charge in [-0.1, -0.05) is 12.1 Å². The molecular formula is C33H28ClN5O4. The minimum absolute atomic E-state index is 0.276. The number of nitro groups is 1. The van der Waals surface area contributed by atoms with Gasteiger partial charge in [0.15, 0.2) is 5.90 Å². The van der Waals surface area contributed by atoms with Crippen LogP contribution in [-0.4, -0.2) is 39.8 Å². The molecule has 1 aliphatic heterocycles. The maximum atomic E-state index is 13.2. The van der Waals surface area contributed by atoms with E-state index in [1.54, 1.807) is 85.9 Å². The van der Waals surface area contributed by atoms with E-state index >= 15 is 0 Å². The van der Waals surface area contributed by atoms with Crippen molar-refractivity contribution in [3.8, 4) is 11.4 Å². The lowest BCUT2D eigenvalue weighted by Crippen LogP contribution is -2.38. The summed E-state index contributed by atoms with van der Waals surface area (Å²) < 4.78 is 12.8. The van der Waals surface area contributed by atoms with Gasteiger partial charge in [0.2, 0.25) is 0 Å². The number of methoxy groups -OCH3 is 2. The molecule has 5 aromatic rings. The Bertz CT molecular complexity index is 1760. The van der Waals surface area contributed by atoms with Crippen LogP contribution in [0.2, 0.25) is 0 Å². The van der Waals surface area contributed by atoms with Gasteiger partial charge in [0.1, 0.15) is 5.75 Å². The number of pyridine rings is 1. The first-order chi connectivity index (χ1) is 20.9. The Labute approximate surface area is 253 Å². The number of fused-ring (bicyclic) bond motifs is 1. The first kappa shape index (κ1) is 28.1. The molecule has 3 aromatic carbocycles. The first-order valence-corrected chi connectivity index (χ1v) is 14.1. The van der Waals surface area contributed by atoms with Crippen LogP contribution in [0, 0.1) is 16.0 Å². The van der Waals surface area contributed by atoms with Crippen LogP contribution in [0.5, 0.6) is 5.75 Å². The standard InChI is InChI=1S/C33H28ClN5O4/c1-42-27-13-8-23(9-14-27)33(39(40)41,25-5-3-16-35-21-25)24-10-15-30-28(20-24)31(34)29(32(37-30)43-2)19-22-6-11-26(12-7-22)38-18-4-17-36-38/h3-18,20-21,29,31H,19H2,1-2H3. The van der Waals surface area contributed by atoms with Gasteiger partial charge in [-0.15, -0.1) is 11.6 Å². The van der Waals surface area contributed by atoms with Crippen molar-refractivity contribution in [1.29, 1.82) is 0 Å². The SMILES string of the molecule is COC1=Nc2ccc(C(c3ccc(OC)cc3)(c3cccnc3)[N+](=O)[O-])cc2C(Cl)C1Cc1ccc(-n2cccn2)cc1. The van der Waals surface area contributed by atoms with Crippen LogP contribution in [0.4, 0.5) is 5.69 Å². The van der Waals surface area contributed by atoms with E-state index in [1.807, 2.05) is 36.5 Å². The molecule has 10 heteroatoms. The molecule has 2 aromatic heterocycles. The molecule has 0 amide bonds. The molecule has 0 saturated carbocycles. The smallest absolute Gasteiger partial charge is 0.298 e. The monoisotopic (exact) mass is 593 g/mol. The fourth-order valence-electron chi connectivity index (χ4n) is 5.72. The van der Waals surface area contributed by atoms with Crippen LogP contribution in [0.15, 0.2) is 115 Å². The number of alkyl halides is 1. The number of rotatable bonds is 8. The Morgan fingerprint density at radius 3 is 2.33 bits per heavy atom. The minimum Gasteiger partial charge on any atom is -0.497 e. The van der Waals surface area contributed by atoms with Crippen molar-refractivity contribution < 1.29 is 14.4 Å². The van der Waals surface area contributed by atoms with E-state index in [4.69, 9.17) is 26.1 Å². The largest absolute Gasteiger partial charge is 0.497 e. The van der Waals surface area contributed by atoms with Crippen LogP contribution >= 0.6 is 11.6 Å². The van der Waals surface area contributed by atoms with Gasteiger partial charge in [-0.25, -0.2) is 9.67 Å². The Morgan fingerprint density at radius 2 is 1.70 bits per heavy atom. The normalized spacial score (nSPS) is 17.3. The predicted molar refractivity (Wildman–Crippen MR) is 164 cm³/mol. The van der Waals surface area contributed by atoms with Gasteiger partial charge in [-0.3, -0.25) is 15.1 Å². The first-order valence-electron chi connectivity index (χ1n) is 13.6. The summed E-state index contributed by atoms with van der Waals surface area (Å²) in [5, 5.41) is 16.9. The summed E-state index contributed by atoms with van der Waals surface area (Å²) in [6.45, 7) is 0. The van der Waals surface area contributed by atoms with E-state index in [0.717, 1.165) is 11.3 Å². The highest BCUT2D eigenvalue weighted by molar-refractivity contribution is 6.23. The quantitative estimate of drug-likeness (QED) is 0.113. The summed E-state index contributed by atoms with van der Waals surface area (Å²) in [7, 11) is 3.14. The zero-order chi connectivity index (χ0) is 30.0. The molecule has 1 aliphatic rings. The molecule has 3 heterocycles. The maximum Gasteiger partial charge on any atom is 0.298 e. The second kappa shape index (κ2) is 11.7. The van der Waals surface area contributed by atoms with Gasteiger partial charge in [0, 0.05) is 40.8 Å². The molecule has 0 N–H and O–H groups in total. The van der Waals surface area contributed by atoms with Crippen LogP contribution in [0.25, 0.3) is 5.69 Å². The van der Waals surface area contributed by atoms with E-state index in [9.17, 15) is 10.1 Å². The molecule has 43 heavy (non-hydrogen) atoms. The highest BCUT2D eigenvalue weighted by Gasteiger charge is 2.50. The average Bonchev–Trinajstić information content (AvgIpc) is 3.59. The van der Waals surface area contributed by atoms with Crippen molar-refractivity contribution in [1.82, 2.24) is 14.8 Å². The lowest BCUT2D eigenvalue weighted by atomic mass is 9.76. The number of halogens is 1. The van der Waals surface area contributed by atoms with Gasteiger partial charge in [0.05, 0.1) is 42.5 Å². The lowest BCUT2D eigenvalue weighted by molar-refractivity contribution is -0.553. The molecule has 9 nitrogen and oxygen atoms in total. The van der Waals surface area contributed by atoms with E-state index in [0.29, 0.717) is 46.0 Å². The molecule has 3 atom stereocenters. The number of aliphatic imine (C=N–C) groups is 1. The van der Waals surface area contributed by atoms with Gasteiger partial charge in [-0.05, 0) is 90.3 Å². The molecular weight excluding hydrogens is 566 g/mol. The zero-order valence-electron chi connectivity index (χ0n) is 23.5. The number of hydrogen-bond donors (Lipinski definition) is 0. The minimum atomic E-state index is -1.75. The highest BCUT2D eigenvalue weighted by Crippen LogP contribution is 2.47. The van der Waals surface area contributed by atoms with Crippen molar-refractivity contribution >= 4 is 23.2 Å². The fourth-order valence-corrected chi connectivity index (χ4v) is 6.09. The Morgan fingerprint density at radius 1 is 0.930 bits per heavy atom. The summed E-state index contributed by atoms with van der Waals surface area (Å²) in [4.78, 5) is 21.9. The molecule has 0 radical (unpaired) electrons. The van der Waals surface area contributed by atoms with E-state index in [-0.39, 0.29) is 10.8 Å². The maximum absolute atomic E-state index is 13.2. The molecule has 0 spiro atoms. The topological polar surface area (TPSA) is 105 Å². The number of ether oxygens (including phenoxy) is 2. The van der Waals surface area contributed by atoms with Crippen LogP contribution in [-0.2, 0) is 16.7 Å². The third kappa shape index (κ3) is 5.02. The van der Waals surface area contributed by atoms with Crippen LogP contribution in [0.1, 0.15) is 33.2 Å². The summed E-state index contributed by atoms with van der Waals surface area (Å²) in [5.74, 6) is 0.814. The summed E-state index contributed by atoms with van der Waals surface area (Å²) in [6.07, 6.45) is 7.30. The Hall–Kier alpha value is -5.02. The second-order valence-corrected chi connectivity index (χ2v) is 10.7. The van der Waals surface area contributed by atoms with Gasteiger partial charge < -0.3 is 9.47 Å². The third-order valence-corrected chi connectivity index (χ3v) is 8.41. The average molecular weight is 594 g/mol. The molecule has 3 unspecified atom stereocenters. The molecule has 6 rings (SSSR count). The van der Waals surface area contributed by atoms with Crippen LogP contribution in [0.3, 0.4) is 0 Å². The van der Waals surface area contributed by atoms with Gasteiger partial charge in [0.25, 0.3) is 5.54 Å². The van der Waals surface area contributed by atoms with Gasteiger partial charge in [-0.2, -0.15) is 5.10 Å². The van der Waals surface area contributed by atoms with E-state index in [1.165, 1.54) is 6.20 Å². The van der Waals surface area contributed by atoms with E-state index < -0.39 is 10.9 Å². The fraction of sp³-hybridized carbons (Fsp3) is 0.182. The van der Waals surface area contributed by atoms with Crippen molar-refractivity contribution in [2.75, 3.05) is 14.2 Å². The zero-order valence-corrected chi connectivity index (χ0v) is 24.3. The lowest BCUT2D eigenvalue weighted by Gasteiger charge is -2.31. The van der Waals surface area contributed by atoms with Crippen LogP contribution < -0.4 is 4.74 Å². The number of hydrogen-bond acceptors (Lipinski definition) is 7. The van der Waals surface area contributed by atoms with Crippen molar-refractivity contribution in [2.24, 2.45) is 10.9 Å². The van der Waals surface area contributed by atoms with Crippen molar-refractivity contribution in [2.45, 2.75) is 17.3 Å². The Kier molecular flexibility index (Phi) is 7.65. The molecule has 0 fully saturated rings. The summed E-state index contributed by atoms with van der Waals surface area (Å²) in [6, 6.07) is 25.5. The van der Waals surface area contributed by atoms with Gasteiger partial charge >= 0.3 is 0 Å². The van der Waals surface area contributed by atoms with Crippen molar-refractivity contribution in [3.05, 3.63) is 148 Å². The summed E-state index contributed by atoms with van der Waals surface area (Å²) in [5.41, 5.74) is 2.87. The molecule has 0 aliphatic carbocycles.